The van der Waals surface area contributed by atoms with Crippen molar-refractivity contribution in [1.29, 1.82) is 0 Å². The fraction of sp³-hybridized carbons (Fsp3) is 0.367. The molecule has 2 saturated carbocycles. The topological polar surface area (TPSA) is 85.7 Å². The summed E-state index contributed by atoms with van der Waals surface area (Å²) in [5.74, 6) is -0.210. The Morgan fingerprint density at radius 1 is 1.00 bits per heavy atom. The van der Waals surface area contributed by atoms with Crippen LogP contribution in [0.3, 0.4) is 0 Å². The molecule has 2 fully saturated rings. The van der Waals surface area contributed by atoms with E-state index in [1.165, 1.54) is 0 Å². The highest BCUT2D eigenvalue weighted by Gasteiger charge is 2.63. The van der Waals surface area contributed by atoms with Gasteiger partial charge in [-0.05, 0) is 48.8 Å². The molecule has 6 heteroatoms. The van der Waals surface area contributed by atoms with Crippen LogP contribution in [0.5, 0.6) is 0 Å². The predicted octanol–water partition coefficient (Wildman–Crippen LogP) is 7.04. The summed E-state index contributed by atoms with van der Waals surface area (Å²) in [6.45, 7) is 8.52. The number of pyridine rings is 1. The first-order valence-corrected chi connectivity index (χ1v) is 12.5. The number of benzene rings is 2. The van der Waals surface area contributed by atoms with Gasteiger partial charge in [-0.2, -0.15) is 0 Å². The summed E-state index contributed by atoms with van der Waals surface area (Å²) in [7, 11) is 0. The van der Waals surface area contributed by atoms with Gasteiger partial charge in [0.25, 0.3) is 0 Å². The van der Waals surface area contributed by atoms with E-state index in [1.54, 1.807) is 37.3 Å². The van der Waals surface area contributed by atoms with Crippen LogP contribution in [0.15, 0.2) is 53.7 Å². The minimum absolute atomic E-state index is 0.0810. The quantitative estimate of drug-likeness (QED) is 0.231. The van der Waals surface area contributed by atoms with E-state index in [9.17, 15) is 14.5 Å². The van der Waals surface area contributed by atoms with Crippen LogP contribution in [0.1, 0.15) is 72.0 Å². The normalized spacial score (nSPS) is 24.9. The highest BCUT2D eigenvalue weighted by Crippen LogP contribution is 2.66. The van der Waals surface area contributed by atoms with E-state index in [0.29, 0.717) is 39.6 Å². The van der Waals surface area contributed by atoms with Gasteiger partial charge in [0.05, 0.1) is 22.5 Å². The third kappa shape index (κ3) is 2.87. The van der Waals surface area contributed by atoms with Gasteiger partial charge >= 0.3 is 5.97 Å². The number of hydrogen-bond donors (Lipinski definition) is 0. The smallest absolute Gasteiger partial charge is 0.340 e. The SMILES string of the molecule is Cc1nc2c(c(-c3ccccc3N=O)c1C(=O)O[C@H]1C[C@@H]3CC[C@]1(C)C3(C)C)C(=O)c1ccccc1-2. The van der Waals surface area contributed by atoms with Gasteiger partial charge in [-0.3, -0.25) is 9.78 Å². The molecule has 0 unspecified atom stereocenters. The van der Waals surface area contributed by atoms with Crippen molar-refractivity contribution >= 4 is 17.4 Å². The third-order valence-electron chi connectivity index (χ3n) is 9.47. The molecule has 1 heterocycles. The summed E-state index contributed by atoms with van der Waals surface area (Å²) in [5, 5.41) is 3.21. The number of hydrogen-bond acceptors (Lipinski definition) is 6. The van der Waals surface area contributed by atoms with Crippen LogP contribution >= 0.6 is 0 Å². The molecule has 2 bridgehead atoms. The Labute approximate surface area is 210 Å². The number of carbonyl (C=O) groups excluding carboxylic acids is 2. The van der Waals surface area contributed by atoms with Gasteiger partial charge in [-0.25, -0.2) is 4.79 Å². The van der Waals surface area contributed by atoms with E-state index in [2.05, 4.69) is 25.9 Å². The largest absolute Gasteiger partial charge is 0.458 e. The molecule has 0 N–H and O–H groups in total. The lowest BCUT2D eigenvalue weighted by molar-refractivity contribution is -0.0242. The molecule has 3 aliphatic carbocycles. The average molecular weight is 481 g/mol. The standard InChI is InChI=1S/C30H28N2O4/c1-16-23(28(34)36-22-15-17-13-14-30(22,4)29(17,2)3)24(20-11-7-8-12-21(20)32-35)25-26(31-16)18-9-5-6-10-19(18)27(25)33/h5-12,17,22H,13-15H2,1-4H3/t17-,22-,30-/m0/s1. The van der Waals surface area contributed by atoms with Crippen molar-refractivity contribution in [3.8, 4) is 22.4 Å². The zero-order valence-corrected chi connectivity index (χ0v) is 20.9. The molecule has 2 aromatic carbocycles. The molecule has 36 heavy (non-hydrogen) atoms. The van der Waals surface area contributed by atoms with Crippen molar-refractivity contribution in [3.63, 3.8) is 0 Å². The van der Waals surface area contributed by atoms with Gasteiger partial charge < -0.3 is 4.74 Å². The molecular formula is C30H28N2O4. The molecular weight excluding hydrogens is 452 g/mol. The molecule has 0 saturated heterocycles. The van der Waals surface area contributed by atoms with E-state index in [-0.39, 0.29) is 34.0 Å². The lowest BCUT2D eigenvalue weighted by atomic mass is 9.70. The molecule has 0 amide bonds. The van der Waals surface area contributed by atoms with Crippen molar-refractivity contribution < 1.29 is 14.3 Å². The fourth-order valence-electron chi connectivity index (χ4n) is 6.92. The Kier molecular flexibility index (Phi) is 4.85. The van der Waals surface area contributed by atoms with Crippen LogP contribution < -0.4 is 0 Å². The highest BCUT2D eigenvalue weighted by molar-refractivity contribution is 6.26. The van der Waals surface area contributed by atoms with Crippen molar-refractivity contribution in [2.45, 2.75) is 53.1 Å². The minimum Gasteiger partial charge on any atom is -0.458 e. The molecule has 0 aliphatic heterocycles. The number of aryl methyl sites for hydroxylation is 1. The second-order valence-corrected chi connectivity index (χ2v) is 11.2. The Morgan fingerprint density at radius 3 is 2.31 bits per heavy atom. The van der Waals surface area contributed by atoms with Gasteiger partial charge in [0.15, 0.2) is 5.78 Å². The Morgan fingerprint density at radius 2 is 1.67 bits per heavy atom. The van der Waals surface area contributed by atoms with Crippen molar-refractivity contribution in [2.75, 3.05) is 0 Å². The average Bonchev–Trinajstić information content (AvgIpc) is 3.35. The first kappa shape index (κ1) is 22.8. The second kappa shape index (κ2) is 7.66. The summed E-state index contributed by atoms with van der Waals surface area (Å²) < 4.78 is 6.26. The van der Waals surface area contributed by atoms with Crippen LogP contribution in [0, 0.1) is 28.6 Å². The molecule has 6 rings (SSSR count). The predicted molar refractivity (Wildman–Crippen MR) is 137 cm³/mol. The van der Waals surface area contributed by atoms with E-state index in [4.69, 9.17) is 9.72 Å². The molecule has 6 nitrogen and oxygen atoms in total. The zero-order chi connectivity index (χ0) is 25.4. The highest BCUT2D eigenvalue weighted by atomic mass is 16.5. The van der Waals surface area contributed by atoms with Crippen LogP contribution in [-0.2, 0) is 4.74 Å². The van der Waals surface area contributed by atoms with Gasteiger partial charge in [0.2, 0.25) is 0 Å². The van der Waals surface area contributed by atoms with Gasteiger partial charge in [-0.1, -0.05) is 63.2 Å². The van der Waals surface area contributed by atoms with Crippen LogP contribution in [0.4, 0.5) is 5.69 Å². The van der Waals surface area contributed by atoms with Crippen molar-refractivity contribution in [1.82, 2.24) is 4.98 Å². The molecule has 0 spiro atoms. The zero-order valence-electron chi connectivity index (χ0n) is 20.9. The fourth-order valence-corrected chi connectivity index (χ4v) is 6.92. The van der Waals surface area contributed by atoms with E-state index in [1.807, 2.05) is 18.2 Å². The number of carbonyl (C=O) groups is 2. The monoisotopic (exact) mass is 480 g/mol. The molecule has 3 aromatic rings. The van der Waals surface area contributed by atoms with Gasteiger partial charge in [0, 0.05) is 27.7 Å². The van der Waals surface area contributed by atoms with Crippen LogP contribution in [-0.4, -0.2) is 22.8 Å². The maximum atomic E-state index is 13.9. The number of nitroso groups, excluding NO2 is 1. The number of ether oxygens (including phenoxy) is 1. The Hall–Kier alpha value is -3.67. The molecule has 1 aromatic heterocycles. The van der Waals surface area contributed by atoms with Crippen molar-refractivity contribution in [3.05, 3.63) is 75.8 Å². The summed E-state index contributed by atoms with van der Waals surface area (Å²) in [4.78, 5) is 44.1. The maximum Gasteiger partial charge on any atom is 0.340 e. The number of fused-ring (bicyclic) bond motifs is 5. The molecule has 3 atom stereocenters. The number of nitrogens with zero attached hydrogens (tertiary/aromatic N) is 2. The maximum absolute atomic E-state index is 13.9. The van der Waals surface area contributed by atoms with E-state index >= 15 is 0 Å². The number of rotatable bonds is 4. The number of esters is 1. The Bertz CT molecular complexity index is 1470. The summed E-state index contributed by atoms with van der Waals surface area (Å²) in [6.07, 6.45) is 2.78. The van der Waals surface area contributed by atoms with Crippen LogP contribution in [0.25, 0.3) is 22.4 Å². The molecule has 3 aliphatic rings. The number of ketones is 1. The van der Waals surface area contributed by atoms with Crippen molar-refractivity contribution in [2.24, 2.45) is 21.9 Å². The van der Waals surface area contributed by atoms with Gasteiger partial charge in [0.1, 0.15) is 11.8 Å². The Balaban J connectivity index is 1.54. The lowest BCUT2D eigenvalue weighted by Crippen LogP contribution is -2.38. The van der Waals surface area contributed by atoms with Gasteiger partial charge in [-0.15, -0.1) is 4.91 Å². The van der Waals surface area contributed by atoms with E-state index < -0.39 is 5.97 Å². The minimum atomic E-state index is -0.503. The first-order chi connectivity index (χ1) is 17.2. The lowest BCUT2D eigenvalue weighted by Gasteiger charge is -2.38. The molecule has 0 radical (unpaired) electrons. The molecule has 182 valence electrons. The summed E-state index contributed by atoms with van der Waals surface area (Å²) in [6, 6.07) is 14.1. The number of aromatic nitrogens is 1. The van der Waals surface area contributed by atoms with E-state index in [0.717, 1.165) is 24.8 Å². The first-order valence-electron chi connectivity index (χ1n) is 12.5. The van der Waals surface area contributed by atoms with Crippen LogP contribution in [0.2, 0.25) is 0 Å². The second-order valence-electron chi connectivity index (χ2n) is 11.2. The summed E-state index contributed by atoms with van der Waals surface area (Å²) >= 11 is 0. The third-order valence-corrected chi connectivity index (χ3v) is 9.47. The summed E-state index contributed by atoms with van der Waals surface area (Å²) in [5.41, 5.74) is 3.74.